The van der Waals surface area contributed by atoms with Crippen LogP contribution in [0.1, 0.15) is 18.5 Å². The Bertz CT molecular complexity index is 389. The van der Waals surface area contributed by atoms with E-state index in [9.17, 15) is 4.39 Å². The summed E-state index contributed by atoms with van der Waals surface area (Å²) in [4.78, 5) is 2.05. The summed E-state index contributed by atoms with van der Waals surface area (Å²) in [6.45, 7) is 10.6. The van der Waals surface area contributed by atoms with Gasteiger partial charge in [-0.1, -0.05) is 12.2 Å². The molecule has 0 saturated heterocycles. The van der Waals surface area contributed by atoms with Crippen LogP contribution in [0.25, 0.3) is 0 Å². The fourth-order valence-corrected chi connectivity index (χ4v) is 1.76. The molecule has 1 atom stereocenters. The van der Waals surface area contributed by atoms with Crippen LogP contribution in [0.5, 0.6) is 0 Å². The molecule has 0 saturated carbocycles. The Kier molecular flexibility index (Phi) is 4.91. The number of hydrogen-bond donors (Lipinski definition) is 1. The third kappa shape index (κ3) is 3.43. The highest BCUT2D eigenvalue weighted by atomic mass is 19.1. The van der Waals surface area contributed by atoms with Gasteiger partial charge in [0.25, 0.3) is 0 Å². The molecule has 1 unspecified atom stereocenters. The molecule has 2 nitrogen and oxygen atoms in total. The van der Waals surface area contributed by atoms with E-state index in [1.807, 2.05) is 6.92 Å². The van der Waals surface area contributed by atoms with Gasteiger partial charge in [0.1, 0.15) is 5.82 Å². The second-order valence-corrected chi connectivity index (χ2v) is 3.97. The van der Waals surface area contributed by atoms with Gasteiger partial charge < -0.3 is 10.6 Å². The molecular formula is C14H19FN2. The Hall–Kier alpha value is -1.61. The summed E-state index contributed by atoms with van der Waals surface area (Å²) in [5, 5.41) is 0. The molecule has 0 aromatic heterocycles. The van der Waals surface area contributed by atoms with Crippen LogP contribution >= 0.6 is 0 Å². The second kappa shape index (κ2) is 6.21. The molecule has 0 bridgehead atoms. The number of nitrogens with two attached hydrogens (primary N) is 1. The first kappa shape index (κ1) is 13.5. The van der Waals surface area contributed by atoms with E-state index in [0.717, 1.165) is 11.3 Å². The lowest BCUT2D eigenvalue weighted by atomic mass is 10.1. The second-order valence-electron chi connectivity index (χ2n) is 3.97. The molecule has 3 heteroatoms. The van der Waals surface area contributed by atoms with E-state index >= 15 is 0 Å². The first-order chi connectivity index (χ1) is 8.10. The van der Waals surface area contributed by atoms with Crippen molar-refractivity contribution < 1.29 is 4.39 Å². The molecule has 17 heavy (non-hydrogen) atoms. The lowest BCUT2D eigenvalue weighted by molar-refractivity contribution is 0.622. The smallest absolute Gasteiger partial charge is 0.123 e. The summed E-state index contributed by atoms with van der Waals surface area (Å²) in [5.41, 5.74) is 7.60. The van der Waals surface area contributed by atoms with E-state index in [4.69, 9.17) is 5.73 Å². The van der Waals surface area contributed by atoms with Gasteiger partial charge in [0.15, 0.2) is 0 Å². The Morgan fingerprint density at radius 3 is 2.41 bits per heavy atom. The Morgan fingerprint density at radius 1 is 1.35 bits per heavy atom. The zero-order valence-electron chi connectivity index (χ0n) is 10.2. The third-order valence-corrected chi connectivity index (χ3v) is 2.52. The van der Waals surface area contributed by atoms with E-state index < -0.39 is 0 Å². The minimum atomic E-state index is -0.266. The van der Waals surface area contributed by atoms with Crippen molar-refractivity contribution in [3.05, 3.63) is 54.9 Å². The van der Waals surface area contributed by atoms with Gasteiger partial charge in [0.05, 0.1) is 0 Å². The number of halogens is 1. The number of benzene rings is 1. The van der Waals surface area contributed by atoms with E-state index in [1.54, 1.807) is 18.2 Å². The predicted octanol–water partition coefficient (Wildman–Crippen LogP) is 3.02. The largest absolute Gasteiger partial charge is 0.364 e. The van der Waals surface area contributed by atoms with E-state index in [-0.39, 0.29) is 11.9 Å². The highest BCUT2D eigenvalue weighted by Gasteiger charge is 2.12. The van der Waals surface area contributed by atoms with Crippen molar-refractivity contribution in [1.29, 1.82) is 0 Å². The number of anilines is 1. The molecule has 0 radical (unpaired) electrons. The predicted molar refractivity (Wildman–Crippen MR) is 71.6 cm³/mol. The molecule has 2 N–H and O–H groups in total. The number of rotatable bonds is 6. The van der Waals surface area contributed by atoms with Crippen molar-refractivity contribution >= 4 is 5.69 Å². The van der Waals surface area contributed by atoms with Gasteiger partial charge in [-0.2, -0.15) is 0 Å². The number of hydrogen-bond acceptors (Lipinski definition) is 2. The van der Waals surface area contributed by atoms with Crippen LogP contribution in [0.4, 0.5) is 10.1 Å². The summed E-state index contributed by atoms with van der Waals surface area (Å²) in [5.74, 6) is -0.266. The van der Waals surface area contributed by atoms with Gasteiger partial charge in [-0.3, -0.25) is 0 Å². The van der Waals surface area contributed by atoms with E-state index in [0.29, 0.717) is 13.1 Å². The van der Waals surface area contributed by atoms with Crippen molar-refractivity contribution in [2.24, 2.45) is 5.73 Å². The maximum atomic E-state index is 13.2. The van der Waals surface area contributed by atoms with Crippen molar-refractivity contribution in [3.63, 3.8) is 0 Å². The van der Waals surface area contributed by atoms with E-state index in [1.165, 1.54) is 12.1 Å². The molecule has 0 heterocycles. The average Bonchev–Trinajstić information content (AvgIpc) is 2.28. The normalized spacial score (nSPS) is 11.9. The van der Waals surface area contributed by atoms with Crippen molar-refractivity contribution in [3.8, 4) is 0 Å². The van der Waals surface area contributed by atoms with Crippen LogP contribution in [0.2, 0.25) is 0 Å². The third-order valence-electron chi connectivity index (χ3n) is 2.52. The first-order valence-corrected chi connectivity index (χ1v) is 5.62. The fourth-order valence-electron chi connectivity index (χ4n) is 1.76. The van der Waals surface area contributed by atoms with Crippen LogP contribution in [0.3, 0.4) is 0 Å². The maximum absolute atomic E-state index is 13.2. The van der Waals surface area contributed by atoms with Gasteiger partial charge in [-0.25, -0.2) is 4.39 Å². The molecule has 0 spiro atoms. The molecule has 0 aliphatic rings. The highest BCUT2D eigenvalue weighted by molar-refractivity contribution is 5.56. The average molecular weight is 234 g/mol. The summed E-state index contributed by atoms with van der Waals surface area (Å²) in [6, 6.07) is 4.47. The minimum absolute atomic E-state index is 0.210. The zero-order valence-corrected chi connectivity index (χ0v) is 10.2. The van der Waals surface area contributed by atoms with Crippen LogP contribution in [-0.4, -0.2) is 13.1 Å². The van der Waals surface area contributed by atoms with Crippen molar-refractivity contribution in [2.45, 2.75) is 13.0 Å². The Balaban J connectivity index is 3.16. The fraction of sp³-hybridized carbons (Fsp3) is 0.286. The standard InChI is InChI=1S/C14H19FN2/c1-4-8-17(9-5-2)14-7-6-12(15)10-13(14)11(3)16/h4-7,10-11H,1-2,8-9,16H2,3H3. The van der Waals surface area contributed by atoms with Crippen molar-refractivity contribution in [2.75, 3.05) is 18.0 Å². The van der Waals surface area contributed by atoms with Crippen molar-refractivity contribution in [1.82, 2.24) is 0 Å². The molecule has 92 valence electrons. The van der Waals surface area contributed by atoms with Gasteiger partial charge in [0.2, 0.25) is 0 Å². The van der Waals surface area contributed by atoms with Gasteiger partial charge in [0, 0.05) is 24.8 Å². The summed E-state index contributed by atoms with van der Waals surface area (Å²) in [7, 11) is 0. The van der Waals surface area contributed by atoms with Gasteiger partial charge in [-0.05, 0) is 30.7 Å². The summed E-state index contributed by atoms with van der Waals surface area (Å²) < 4.78 is 13.2. The highest BCUT2D eigenvalue weighted by Crippen LogP contribution is 2.26. The molecule has 1 rings (SSSR count). The summed E-state index contributed by atoms with van der Waals surface area (Å²) in [6.07, 6.45) is 3.61. The molecule has 0 fully saturated rings. The van der Waals surface area contributed by atoms with Crippen LogP contribution in [0, 0.1) is 5.82 Å². The molecule has 0 aliphatic heterocycles. The maximum Gasteiger partial charge on any atom is 0.123 e. The quantitative estimate of drug-likeness (QED) is 0.767. The molecule has 1 aromatic carbocycles. The molecular weight excluding hydrogens is 215 g/mol. The molecule has 0 aliphatic carbocycles. The monoisotopic (exact) mass is 234 g/mol. The van der Waals surface area contributed by atoms with Gasteiger partial charge in [-0.15, -0.1) is 13.2 Å². The zero-order chi connectivity index (χ0) is 12.8. The molecule has 0 amide bonds. The minimum Gasteiger partial charge on any atom is -0.364 e. The SMILES string of the molecule is C=CCN(CC=C)c1ccc(F)cc1C(C)N. The first-order valence-electron chi connectivity index (χ1n) is 5.62. The molecule has 1 aromatic rings. The topological polar surface area (TPSA) is 29.3 Å². The Morgan fingerprint density at radius 2 is 1.94 bits per heavy atom. The lowest BCUT2D eigenvalue weighted by Crippen LogP contribution is -2.25. The number of nitrogens with zero attached hydrogens (tertiary/aromatic N) is 1. The lowest BCUT2D eigenvalue weighted by Gasteiger charge is -2.26. The van der Waals surface area contributed by atoms with Crippen LogP contribution in [0.15, 0.2) is 43.5 Å². The van der Waals surface area contributed by atoms with E-state index in [2.05, 4.69) is 18.1 Å². The summed E-state index contributed by atoms with van der Waals surface area (Å²) >= 11 is 0. The van der Waals surface area contributed by atoms with Crippen LogP contribution < -0.4 is 10.6 Å². The van der Waals surface area contributed by atoms with Gasteiger partial charge >= 0.3 is 0 Å². The van der Waals surface area contributed by atoms with Crippen LogP contribution in [-0.2, 0) is 0 Å². The Labute approximate surface area is 102 Å².